The molecule has 0 atom stereocenters. The van der Waals surface area contributed by atoms with E-state index in [2.05, 4.69) is 350 Å². The van der Waals surface area contributed by atoms with E-state index in [0.717, 1.165) is 0 Å². The third-order valence-corrected chi connectivity index (χ3v) is 13.2. The minimum absolute atomic E-state index is 1.21. The van der Waals surface area contributed by atoms with E-state index in [1.807, 2.05) is 0 Å². The van der Waals surface area contributed by atoms with Crippen LogP contribution in [0.3, 0.4) is 0 Å². The SMILES string of the molecule is CN(C)c1ccc(C(=C2C=CC(=[N+](C)C)C=C2)c2ccccc2)cc1.CN(C)c1ccc(C(=C2C=CC(=[N+](C)C)C=C2)c2ccccc2)cc1.CN(C)c1ccc(C(=C2C=CC(=[N+](C)C)C=C2)c2ccccc2)cc1.O=P([O-])(O)O.[O]=[Mo](=[O])=[O].[O]=[Mo](=[O])=[O].[O]=[Mo](=[O])=[O].[O]=[Mo](=[O])=[O].[O]=[Mo](=[O])=[O].[O]=[Mo](=[O])=[O].[O]=[Mo](=[O])=[O].[O]=[Mo](=[O])=[O].[O]=[Mo](=[O])=[O].[O]=[Mo](=[O])=[O].[O]=[Mo](=[O])=[O].[O]=[Mo](=[O])=[O]. The summed E-state index contributed by atoms with van der Waals surface area (Å²) in [5.74, 6) is 0. The average Bonchev–Trinajstić information content (AvgIpc) is 0.817. The van der Waals surface area contributed by atoms with Crippen LogP contribution in [0.4, 0.5) is 17.1 Å². The predicted octanol–water partition coefficient (Wildman–Crippen LogP) is 7.31. The molecule has 9 rings (SSSR count). The molecule has 698 valence electrons. The Labute approximate surface area is 796 Å². The zero-order valence-corrected chi connectivity index (χ0v) is 92.9. The van der Waals surface area contributed by atoms with Crippen LogP contribution in [0, 0.1) is 0 Å². The topological polar surface area (TPSA) is 714 Å². The first kappa shape index (κ1) is 134. The fraction of sp³-hybridized carbons (Fsp3) is 0.174. The zero-order valence-electron chi connectivity index (χ0n) is 68.0. The molecule has 0 amide bonds. The van der Waals surface area contributed by atoms with Crippen molar-refractivity contribution >= 4 is 58.7 Å². The summed E-state index contributed by atoms with van der Waals surface area (Å²) in [7, 11) is 19.9. The molecule has 0 heterocycles. The van der Waals surface area contributed by atoms with Gasteiger partial charge in [0.1, 0.15) is 42.3 Å². The van der Waals surface area contributed by atoms with Crippen LogP contribution in [0.5, 0.6) is 0 Å². The van der Waals surface area contributed by atoms with Crippen molar-refractivity contribution in [3.05, 3.63) is 287 Å². The Balaban J connectivity index is -0.000000268. The van der Waals surface area contributed by atoms with Gasteiger partial charge in [0.25, 0.3) is 7.82 Å². The second kappa shape index (κ2) is 79.3. The summed E-state index contributed by atoms with van der Waals surface area (Å²) in [4.78, 5) is 29.3. The molecule has 0 fully saturated rings. The van der Waals surface area contributed by atoms with Crippen molar-refractivity contribution in [2.75, 3.05) is 99.3 Å². The minimum atomic E-state index is -4.89. The van der Waals surface area contributed by atoms with E-state index in [1.54, 1.807) is 0 Å². The summed E-state index contributed by atoms with van der Waals surface area (Å²) in [5, 5.41) is 0. The number of benzene rings is 6. The molecule has 6 aromatic rings. The van der Waals surface area contributed by atoms with Crippen LogP contribution >= 0.6 is 7.82 Å². The number of rotatable bonds is 9. The van der Waals surface area contributed by atoms with Crippen molar-refractivity contribution in [2.45, 2.75) is 0 Å². The van der Waals surface area contributed by atoms with Gasteiger partial charge >= 0.3 is 329 Å². The van der Waals surface area contributed by atoms with E-state index in [4.69, 9.17) is 142 Å². The molecule has 0 spiro atoms. The van der Waals surface area contributed by atoms with Crippen molar-refractivity contribution in [2.24, 2.45) is 0 Å². The quantitative estimate of drug-likeness (QED) is 0.0813. The molecule has 2 N–H and O–H groups in total. The first-order valence-electron chi connectivity index (χ1n) is 32.4. The van der Waals surface area contributed by atoms with Gasteiger partial charge in [-0.1, -0.05) is 127 Å². The second-order valence-electron chi connectivity index (χ2n) is 22.8. The van der Waals surface area contributed by atoms with Crippen LogP contribution in [0.1, 0.15) is 33.4 Å². The molecule has 0 aliphatic heterocycles. The first-order valence-corrected chi connectivity index (χ1v) is 63.4. The van der Waals surface area contributed by atoms with Gasteiger partial charge < -0.3 is 29.4 Å². The van der Waals surface area contributed by atoms with Gasteiger partial charge in [0, 0.05) is 95.8 Å². The van der Waals surface area contributed by atoms with Crippen LogP contribution in [0.15, 0.2) is 253 Å². The predicted molar refractivity (Wildman–Crippen MR) is 363 cm³/mol. The van der Waals surface area contributed by atoms with Crippen molar-refractivity contribution in [1.29, 1.82) is 0 Å². The van der Waals surface area contributed by atoms with Crippen molar-refractivity contribution in [3.63, 3.8) is 0 Å². The van der Waals surface area contributed by atoms with Crippen molar-refractivity contribution in [3.8, 4) is 0 Å². The van der Waals surface area contributed by atoms with E-state index in [0.29, 0.717) is 0 Å². The molecular formula is C69H77Mo12N6O40P+2. The number of hydrogen-bond acceptors (Lipinski definition) is 41. The van der Waals surface area contributed by atoms with Crippen LogP contribution in [-0.2, 0) is 333 Å². The van der Waals surface area contributed by atoms with Crippen LogP contribution in [0.25, 0.3) is 16.7 Å². The maximum absolute atomic E-state index is 8.77. The van der Waals surface area contributed by atoms with Gasteiger partial charge in [0.05, 0.1) is 0 Å². The average molecular weight is 2810 g/mol. The van der Waals surface area contributed by atoms with Crippen molar-refractivity contribution < 1.29 is 362 Å². The Kier molecular flexibility index (Phi) is 82.8. The third kappa shape index (κ3) is 87.9. The fourth-order valence-electron chi connectivity index (χ4n) is 8.87. The van der Waals surface area contributed by atoms with E-state index in [1.165, 1.54) is 101 Å². The van der Waals surface area contributed by atoms with E-state index >= 15 is 0 Å². The number of hydrogen-bond donors (Lipinski definition) is 2. The number of phosphoric acid groups is 1. The number of allylic oxidation sites excluding steroid dienone is 15. The second-order valence-corrected chi connectivity index (χ2v) is 35.8. The van der Waals surface area contributed by atoms with Gasteiger partial charge in [-0.3, -0.25) is 4.57 Å². The van der Waals surface area contributed by atoms with Gasteiger partial charge in [0.15, 0.2) is 17.1 Å². The summed E-state index contributed by atoms with van der Waals surface area (Å²) < 4.78 is 324. The summed E-state index contributed by atoms with van der Waals surface area (Å²) >= 11 is -49.3. The Morgan fingerprint density at radius 1 is 0.227 bits per heavy atom. The maximum atomic E-state index is 8.77. The molecule has 6 aromatic carbocycles. The molecule has 3 aliphatic carbocycles. The molecule has 0 unspecified atom stereocenters. The monoisotopic (exact) mass is 2840 g/mol. The third-order valence-electron chi connectivity index (χ3n) is 13.2. The molecule has 3 aliphatic rings. The van der Waals surface area contributed by atoms with E-state index in [-0.39, 0.29) is 0 Å². The molecule has 0 saturated heterocycles. The zero-order chi connectivity index (χ0) is 101. The number of nitrogens with zero attached hydrogens (tertiary/aromatic N) is 6. The standard InChI is InChI=1S/3C23H25N2.12Mo.H3O4P.36O/c3*1-24(2)21-14-10-19(11-15-21)23(18-8-6-5-7-9-18)20-12-16-22(17-13-20)25(3)4;;;;;;;;;;;;;1-5(2,3)4;;;;;;;;;;;;;;;;;;;;;;;;;;;;;;;;;;;;/h3*5-17H,1-4H3;;;;;;;;;;;;;(H3,1,2,3,4);;;;;;;;;;;;;;;;;;;;;;;;;;;;;;;;;;;;/q3*+1;;;;;;;;;;;;;;;;;;;;;;;;;;;;;;;;;;;;;;;;;;;;;;;;;/p-1. The van der Waals surface area contributed by atoms with Gasteiger partial charge in [-0.2, -0.15) is 0 Å². The Morgan fingerprint density at radius 2 is 0.336 bits per heavy atom. The molecule has 0 bridgehead atoms. The normalized spacial score (nSPS) is 10.4. The summed E-state index contributed by atoms with van der Waals surface area (Å²) in [6, 6.07) is 58.1. The van der Waals surface area contributed by atoms with Gasteiger partial charge in [-0.25, -0.2) is 13.7 Å². The van der Waals surface area contributed by atoms with Gasteiger partial charge in [-0.15, -0.1) is 0 Å². The van der Waals surface area contributed by atoms with Crippen LogP contribution in [0.2, 0.25) is 0 Å². The first-order chi connectivity index (χ1) is 59.0. The summed E-state index contributed by atoms with van der Waals surface area (Å²) in [5.41, 5.74) is 22.1. The fourth-order valence-corrected chi connectivity index (χ4v) is 8.87. The summed E-state index contributed by atoms with van der Waals surface area (Å²) in [6.07, 6.45) is 26.3. The molecule has 0 radical (unpaired) electrons. The van der Waals surface area contributed by atoms with Gasteiger partial charge in [-0.05, 0) is 140 Å². The molecule has 0 saturated carbocycles. The van der Waals surface area contributed by atoms with Gasteiger partial charge in [0.2, 0.25) is 0 Å². The van der Waals surface area contributed by atoms with Crippen LogP contribution < -0.4 is 19.6 Å². The molecule has 59 heteroatoms. The molecular weight excluding hydrogens is 2740 g/mol. The van der Waals surface area contributed by atoms with Crippen LogP contribution in [-0.4, -0.2) is 125 Å². The Bertz CT molecular complexity index is 5520. The molecule has 46 nitrogen and oxygen atoms in total. The van der Waals surface area contributed by atoms with E-state index < -0.39 is 214 Å². The Hall–Kier alpha value is -7.44. The van der Waals surface area contributed by atoms with Crippen molar-refractivity contribution in [1.82, 2.24) is 0 Å². The Morgan fingerprint density at radius 3 is 0.438 bits per heavy atom. The van der Waals surface area contributed by atoms with E-state index in [9.17, 15) is 0 Å². The number of anilines is 3. The summed E-state index contributed by atoms with van der Waals surface area (Å²) in [6.45, 7) is 0. The molecule has 0 aromatic heterocycles. The molecule has 128 heavy (non-hydrogen) atoms.